The third-order valence-corrected chi connectivity index (χ3v) is 4.81. The maximum Gasteiger partial charge on any atom is 0.260 e. The van der Waals surface area contributed by atoms with Crippen LogP contribution in [-0.2, 0) is 4.79 Å². The van der Waals surface area contributed by atoms with E-state index in [-0.39, 0.29) is 12.5 Å². The summed E-state index contributed by atoms with van der Waals surface area (Å²) in [6.45, 7) is 2.98. The average Bonchev–Trinajstić information content (AvgIpc) is 2.59. The monoisotopic (exact) mass is 377 g/mol. The van der Waals surface area contributed by atoms with Crippen molar-refractivity contribution < 1.29 is 9.53 Å². The minimum atomic E-state index is 0.0229. The second kappa shape index (κ2) is 7.25. The fourth-order valence-corrected chi connectivity index (χ4v) is 3.45. The minimum absolute atomic E-state index is 0.0229. The zero-order valence-electron chi connectivity index (χ0n) is 13.2. The highest BCUT2D eigenvalue weighted by molar-refractivity contribution is 9.10. The standard InChI is InChI=1S/C17H20BrN3O2/c1-2-13-5-3-4-8-21(13)16(22)10-23-17-14-9-12(18)6-7-15(14)19-11-20-17/h6-7,9,11,13H,2-5,8,10H2,1H3/t13-/m0/s1. The fourth-order valence-electron chi connectivity index (χ4n) is 3.09. The molecular formula is C17H20BrN3O2. The Morgan fingerprint density at radius 2 is 2.26 bits per heavy atom. The first-order chi connectivity index (χ1) is 11.2. The number of hydrogen-bond donors (Lipinski definition) is 0. The van der Waals surface area contributed by atoms with Crippen molar-refractivity contribution in [1.82, 2.24) is 14.9 Å². The van der Waals surface area contributed by atoms with Crippen LogP contribution in [0.3, 0.4) is 0 Å². The Labute approximate surface area is 144 Å². The lowest BCUT2D eigenvalue weighted by Crippen LogP contribution is -2.45. The summed E-state index contributed by atoms with van der Waals surface area (Å²) in [4.78, 5) is 22.9. The Balaban J connectivity index is 1.73. The van der Waals surface area contributed by atoms with Crippen molar-refractivity contribution in [1.29, 1.82) is 0 Å². The number of rotatable bonds is 4. The van der Waals surface area contributed by atoms with Gasteiger partial charge < -0.3 is 9.64 Å². The molecule has 0 N–H and O–H groups in total. The maximum absolute atomic E-state index is 12.5. The first-order valence-electron chi connectivity index (χ1n) is 8.01. The molecule has 0 saturated carbocycles. The molecule has 2 aromatic rings. The maximum atomic E-state index is 12.5. The third-order valence-electron chi connectivity index (χ3n) is 4.31. The Morgan fingerprint density at radius 3 is 3.09 bits per heavy atom. The summed E-state index contributed by atoms with van der Waals surface area (Å²) in [5.41, 5.74) is 0.801. The van der Waals surface area contributed by atoms with Crippen LogP contribution in [0.4, 0.5) is 0 Å². The van der Waals surface area contributed by atoms with E-state index in [1.165, 1.54) is 12.7 Å². The first-order valence-corrected chi connectivity index (χ1v) is 8.81. The van der Waals surface area contributed by atoms with E-state index in [9.17, 15) is 4.79 Å². The lowest BCUT2D eigenvalue weighted by molar-refractivity contribution is -0.137. The highest BCUT2D eigenvalue weighted by atomic mass is 79.9. The molecule has 0 aliphatic carbocycles. The number of hydrogen-bond acceptors (Lipinski definition) is 4. The number of likely N-dealkylation sites (tertiary alicyclic amines) is 1. The van der Waals surface area contributed by atoms with Gasteiger partial charge in [-0.15, -0.1) is 0 Å². The molecule has 5 nitrogen and oxygen atoms in total. The Hall–Kier alpha value is -1.69. The molecule has 0 unspecified atom stereocenters. The van der Waals surface area contributed by atoms with E-state index in [1.54, 1.807) is 0 Å². The van der Waals surface area contributed by atoms with Gasteiger partial charge in [-0.2, -0.15) is 0 Å². The smallest absolute Gasteiger partial charge is 0.260 e. The molecule has 0 bridgehead atoms. The molecular weight excluding hydrogens is 358 g/mol. The number of aromatic nitrogens is 2. The largest absolute Gasteiger partial charge is 0.467 e. The molecule has 1 atom stereocenters. The summed E-state index contributed by atoms with van der Waals surface area (Å²) >= 11 is 3.44. The summed E-state index contributed by atoms with van der Waals surface area (Å²) in [7, 11) is 0. The molecule has 2 heterocycles. The van der Waals surface area contributed by atoms with Crippen LogP contribution in [0.5, 0.6) is 5.88 Å². The molecule has 0 spiro atoms. The number of halogens is 1. The van der Waals surface area contributed by atoms with Crippen molar-refractivity contribution in [2.24, 2.45) is 0 Å². The normalized spacial score (nSPS) is 18.2. The van der Waals surface area contributed by atoms with Crippen molar-refractivity contribution in [3.63, 3.8) is 0 Å². The predicted octanol–water partition coefficient (Wildman–Crippen LogP) is 3.56. The summed E-state index contributed by atoms with van der Waals surface area (Å²) in [5, 5.41) is 0.806. The number of carbonyl (C=O) groups is 1. The molecule has 0 radical (unpaired) electrons. The second-order valence-corrected chi connectivity index (χ2v) is 6.69. The van der Waals surface area contributed by atoms with Gasteiger partial charge in [-0.3, -0.25) is 4.79 Å². The number of carbonyl (C=O) groups excluding carboxylic acids is 1. The Kier molecular flexibility index (Phi) is 5.10. The van der Waals surface area contributed by atoms with Crippen molar-refractivity contribution >= 4 is 32.7 Å². The van der Waals surface area contributed by atoms with E-state index in [0.29, 0.717) is 11.9 Å². The van der Waals surface area contributed by atoms with Crippen molar-refractivity contribution in [3.05, 3.63) is 29.0 Å². The van der Waals surface area contributed by atoms with Crippen LogP contribution in [0.1, 0.15) is 32.6 Å². The molecule has 3 rings (SSSR count). The van der Waals surface area contributed by atoms with Gasteiger partial charge in [0.2, 0.25) is 5.88 Å². The van der Waals surface area contributed by atoms with Gasteiger partial charge in [0.05, 0.1) is 10.9 Å². The zero-order valence-corrected chi connectivity index (χ0v) is 14.8. The highest BCUT2D eigenvalue weighted by Gasteiger charge is 2.25. The minimum Gasteiger partial charge on any atom is -0.467 e. The number of fused-ring (bicyclic) bond motifs is 1. The second-order valence-electron chi connectivity index (χ2n) is 5.77. The number of nitrogens with zero attached hydrogens (tertiary/aromatic N) is 3. The van der Waals surface area contributed by atoms with Crippen LogP contribution in [0.15, 0.2) is 29.0 Å². The first kappa shape index (κ1) is 16.2. The van der Waals surface area contributed by atoms with Crippen molar-refractivity contribution in [2.45, 2.75) is 38.6 Å². The average molecular weight is 378 g/mol. The lowest BCUT2D eigenvalue weighted by Gasteiger charge is -2.35. The summed E-state index contributed by atoms with van der Waals surface area (Å²) < 4.78 is 6.65. The van der Waals surface area contributed by atoms with Gasteiger partial charge in [-0.1, -0.05) is 22.9 Å². The molecule has 1 aromatic heterocycles. The molecule has 6 heteroatoms. The number of amides is 1. The number of benzene rings is 1. The molecule has 1 amide bonds. The molecule has 1 aromatic carbocycles. The zero-order chi connectivity index (χ0) is 16.2. The van der Waals surface area contributed by atoms with Gasteiger partial charge in [0, 0.05) is 17.1 Å². The van der Waals surface area contributed by atoms with E-state index in [2.05, 4.69) is 32.8 Å². The van der Waals surface area contributed by atoms with E-state index in [4.69, 9.17) is 4.74 Å². The van der Waals surface area contributed by atoms with Gasteiger partial charge in [0.15, 0.2) is 6.61 Å². The van der Waals surface area contributed by atoms with E-state index in [1.807, 2.05) is 23.1 Å². The number of ether oxygens (including phenoxy) is 1. The van der Waals surface area contributed by atoms with Crippen LogP contribution in [0.25, 0.3) is 10.9 Å². The highest BCUT2D eigenvalue weighted by Crippen LogP contribution is 2.25. The van der Waals surface area contributed by atoms with E-state index >= 15 is 0 Å². The van der Waals surface area contributed by atoms with Crippen LogP contribution in [0.2, 0.25) is 0 Å². The lowest BCUT2D eigenvalue weighted by atomic mass is 10.00. The van der Waals surface area contributed by atoms with Gasteiger partial charge in [-0.25, -0.2) is 9.97 Å². The summed E-state index contributed by atoms with van der Waals surface area (Å²) in [5.74, 6) is 0.494. The quantitative estimate of drug-likeness (QED) is 0.817. The molecule has 1 fully saturated rings. The van der Waals surface area contributed by atoms with Gasteiger partial charge in [0.25, 0.3) is 5.91 Å². The topological polar surface area (TPSA) is 55.3 Å². The molecule has 1 aliphatic heterocycles. The predicted molar refractivity (Wildman–Crippen MR) is 92.4 cm³/mol. The van der Waals surface area contributed by atoms with Crippen LogP contribution >= 0.6 is 15.9 Å². The van der Waals surface area contributed by atoms with Crippen molar-refractivity contribution in [2.75, 3.05) is 13.2 Å². The van der Waals surface area contributed by atoms with Crippen LogP contribution in [0, 0.1) is 0 Å². The number of piperidine rings is 1. The van der Waals surface area contributed by atoms with Crippen molar-refractivity contribution in [3.8, 4) is 5.88 Å². The SMILES string of the molecule is CC[C@H]1CCCCN1C(=O)COc1ncnc2ccc(Br)cc12. The summed E-state index contributed by atoms with van der Waals surface area (Å²) in [6, 6.07) is 6.07. The molecule has 1 saturated heterocycles. The van der Waals surface area contributed by atoms with Gasteiger partial charge in [-0.05, 0) is 43.9 Å². The van der Waals surface area contributed by atoms with Gasteiger partial charge >= 0.3 is 0 Å². The summed E-state index contributed by atoms with van der Waals surface area (Å²) in [6.07, 6.45) is 5.83. The Bertz CT molecular complexity index is 707. The van der Waals surface area contributed by atoms with Crippen LogP contribution < -0.4 is 4.74 Å². The van der Waals surface area contributed by atoms with E-state index < -0.39 is 0 Å². The molecule has 23 heavy (non-hydrogen) atoms. The van der Waals surface area contributed by atoms with E-state index in [0.717, 1.165) is 41.2 Å². The van der Waals surface area contributed by atoms with Gasteiger partial charge in [0.1, 0.15) is 6.33 Å². The Morgan fingerprint density at radius 1 is 1.39 bits per heavy atom. The van der Waals surface area contributed by atoms with Crippen LogP contribution in [-0.4, -0.2) is 40.0 Å². The molecule has 122 valence electrons. The molecule has 1 aliphatic rings. The third kappa shape index (κ3) is 3.63. The fraction of sp³-hybridized carbons (Fsp3) is 0.471.